The van der Waals surface area contributed by atoms with Gasteiger partial charge in [0.2, 0.25) is 0 Å². The van der Waals surface area contributed by atoms with E-state index in [-0.39, 0.29) is 0 Å². The first kappa shape index (κ1) is 17.6. The number of hydrogen-bond donors (Lipinski definition) is 1. The Morgan fingerprint density at radius 3 is 2.89 bits per heavy atom. The van der Waals surface area contributed by atoms with Crippen molar-refractivity contribution in [2.24, 2.45) is 0 Å². The molecule has 0 atom stereocenters. The van der Waals surface area contributed by atoms with Gasteiger partial charge in [-0.2, -0.15) is 5.26 Å². The molecule has 1 aromatic carbocycles. The number of aromatic nitrogens is 3. The van der Waals surface area contributed by atoms with Gasteiger partial charge in [-0.05, 0) is 35.9 Å². The van der Waals surface area contributed by atoms with E-state index in [0.29, 0.717) is 12.2 Å². The molecule has 4 aromatic rings. The van der Waals surface area contributed by atoms with Crippen LogP contribution in [0.2, 0.25) is 0 Å². The summed E-state index contributed by atoms with van der Waals surface area (Å²) in [5.74, 6) is 1.66. The number of rotatable bonds is 6. The summed E-state index contributed by atoms with van der Waals surface area (Å²) in [6, 6.07) is 17.8. The van der Waals surface area contributed by atoms with Crippen LogP contribution in [0.15, 0.2) is 67.1 Å². The van der Waals surface area contributed by atoms with Gasteiger partial charge in [0.05, 0.1) is 24.4 Å². The fourth-order valence-corrected chi connectivity index (χ4v) is 3.15. The molecule has 6 heteroatoms. The fourth-order valence-electron chi connectivity index (χ4n) is 3.15. The summed E-state index contributed by atoms with van der Waals surface area (Å²) in [6.07, 6.45) is 6.08. The van der Waals surface area contributed by atoms with E-state index >= 15 is 0 Å². The maximum atomic E-state index is 9.13. The van der Waals surface area contributed by atoms with Crippen molar-refractivity contribution < 1.29 is 4.74 Å². The average Bonchev–Trinajstić information content (AvgIpc) is 3.12. The Labute approximate surface area is 163 Å². The Morgan fingerprint density at radius 2 is 2.11 bits per heavy atom. The minimum absolute atomic E-state index is 0.574. The van der Waals surface area contributed by atoms with E-state index in [2.05, 4.69) is 28.5 Å². The van der Waals surface area contributed by atoms with Gasteiger partial charge in [0.1, 0.15) is 22.9 Å². The van der Waals surface area contributed by atoms with Gasteiger partial charge in [-0.15, -0.1) is 0 Å². The lowest BCUT2D eigenvalue weighted by molar-refractivity contribution is 0.320. The summed E-state index contributed by atoms with van der Waals surface area (Å²) in [6.45, 7) is 0.574. The van der Waals surface area contributed by atoms with Crippen molar-refractivity contribution in [2.75, 3.05) is 19.0 Å². The van der Waals surface area contributed by atoms with Gasteiger partial charge in [-0.25, -0.2) is 4.98 Å². The van der Waals surface area contributed by atoms with Gasteiger partial charge in [0.25, 0.3) is 0 Å². The molecule has 138 valence electrons. The van der Waals surface area contributed by atoms with Crippen LogP contribution in [-0.4, -0.2) is 28.0 Å². The minimum Gasteiger partial charge on any atom is -0.492 e. The number of pyridine rings is 2. The number of fused-ring (bicyclic) bond motifs is 1. The molecule has 0 aliphatic heterocycles. The van der Waals surface area contributed by atoms with Gasteiger partial charge in [0, 0.05) is 31.4 Å². The summed E-state index contributed by atoms with van der Waals surface area (Å²) in [5, 5.41) is 12.4. The first-order valence-corrected chi connectivity index (χ1v) is 9.00. The largest absolute Gasteiger partial charge is 0.492 e. The Balaban J connectivity index is 1.59. The molecule has 0 spiro atoms. The summed E-state index contributed by atoms with van der Waals surface area (Å²) >= 11 is 0. The third-order valence-corrected chi connectivity index (χ3v) is 4.49. The normalized spacial score (nSPS) is 10.6. The van der Waals surface area contributed by atoms with Crippen LogP contribution in [0.25, 0.3) is 16.9 Å². The molecule has 1 N–H and O–H groups in total. The molecule has 28 heavy (non-hydrogen) atoms. The minimum atomic E-state index is 0.574. The van der Waals surface area contributed by atoms with Gasteiger partial charge < -0.3 is 10.1 Å². The molecule has 0 radical (unpaired) electrons. The van der Waals surface area contributed by atoms with Crippen LogP contribution in [-0.2, 0) is 6.42 Å². The Bertz CT molecular complexity index is 1140. The number of ether oxygens (including phenoxy) is 1. The summed E-state index contributed by atoms with van der Waals surface area (Å²) in [7, 11) is 1.87. The highest BCUT2D eigenvalue weighted by molar-refractivity contribution is 5.77. The molecule has 4 rings (SSSR count). The van der Waals surface area contributed by atoms with Crippen molar-refractivity contribution >= 4 is 11.5 Å². The zero-order valence-electron chi connectivity index (χ0n) is 15.5. The third kappa shape index (κ3) is 3.51. The highest BCUT2D eigenvalue weighted by Crippen LogP contribution is 2.29. The van der Waals surface area contributed by atoms with Gasteiger partial charge in [0.15, 0.2) is 0 Å². The summed E-state index contributed by atoms with van der Waals surface area (Å²) in [5.41, 5.74) is 4.37. The maximum Gasteiger partial charge on any atom is 0.140 e. The van der Waals surface area contributed by atoms with Crippen LogP contribution in [0.3, 0.4) is 0 Å². The first-order valence-electron chi connectivity index (χ1n) is 9.00. The number of anilines is 1. The van der Waals surface area contributed by atoms with Crippen LogP contribution < -0.4 is 10.1 Å². The van der Waals surface area contributed by atoms with Crippen LogP contribution in [0.5, 0.6) is 5.75 Å². The molecule has 0 saturated carbocycles. The molecular weight excluding hydrogens is 350 g/mol. The molecule has 3 aromatic heterocycles. The van der Waals surface area contributed by atoms with Crippen molar-refractivity contribution in [3.8, 4) is 23.1 Å². The van der Waals surface area contributed by atoms with E-state index in [1.54, 1.807) is 24.5 Å². The van der Waals surface area contributed by atoms with E-state index in [4.69, 9.17) is 15.0 Å². The lowest BCUT2D eigenvalue weighted by Crippen LogP contribution is -2.01. The lowest BCUT2D eigenvalue weighted by atomic mass is 10.1. The molecular formula is C22H19N5O. The highest BCUT2D eigenvalue weighted by atomic mass is 16.5. The molecule has 0 saturated heterocycles. The van der Waals surface area contributed by atoms with E-state index in [9.17, 15) is 0 Å². The van der Waals surface area contributed by atoms with Gasteiger partial charge in [-0.3, -0.25) is 9.38 Å². The second kappa shape index (κ2) is 7.80. The molecule has 0 aliphatic rings. The van der Waals surface area contributed by atoms with Gasteiger partial charge in [-0.1, -0.05) is 18.2 Å². The van der Waals surface area contributed by atoms with E-state index < -0.39 is 0 Å². The monoisotopic (exact) mass is 369 g/mol. The third-order valence-electron chi connectivity index (χ3n) is 4.49. The van der Waals surface area contributed by atoms with Crippen molar-refractivity contribution in [1.82, 2.24) is 14.4 Å². The Hall–Kier alpha value is -3.85. The maximum absolute atomic E-state index is 9.13. The Kier molecular flexibility index (Phi) is 4.89. The zero-order chi connectivity index (χ0) is 19.3. The first-order chi connectivity index (χ1) is 13.8. The number of benzene rings is 1. The number of hydrogen-bond acceptors (Lipinski definition) is 5. The standard InChI is InChI=1S/C22H19N5O/c1-24-22-21(26-20-13-17(14-23)7-10-27(20)22)18-5-2-4-16(12-18)8-11-28-19-6-3-9-25-15-19/h2-7,9-10,12-13,15,24H,8,11H2,1H3. The molecule has 3 heterocycles. The SMILES string of the molecule is CNc1c(-c2cccc(CCOc3cccnc3)c2)nc2cc(C#N)ccn12. The van der Waals surface area contributed by atoms with Crippen molar-refractivity contribution in [3.05, 3.63) is 78.2 Å². The number of nitrogens with one attached hydrogen (secondary N) is 1. The van der Waals surface area contributed by atoms with Crippen molar-refractivity contribution in [3.63, 3.8) is 0 Å². The van der Waals surface area contributed by atoms with Crippen LogP contribution in [0, 0.1) is 11.3 Å². The summed E-state index contributed by atoms with van der Waals surface area (Å²) in [4.78, 5) is 8.79. The average molecular weight is 369 g/mol. The Morgan fingerprint density at radius 1 is 1.18 bits per heavy atom. The zero-order valence-corrected chi connectivity index (χ0v) is 15.5. The van der Waals surface area contributed by atoms with Crippen LogP contribution >= 0.6 is 0 Å². The molecule has 0 unspecified atom stereocenters. The van der Waals surface area contributed by atoms with Crippen LogP contribution in [0.4, 0.5) is 5.82 Å². The van der Waals surface area contributed by atoms with Crippen LogP contribution in [0.1, 0.15) is 11.1 Å². The second-order valence-corrected chi connectivity index (χ2v) is 6.30. The van der Waals surface area contributed by atoms with E-state index in [1.165, 1.54) is 5.56 Å². The van der Waals surface area contributed by atoms with E-state index in [1.807, 2.05) is 41.9 Å². The molecule has 0 amide bonds. The molecule has 0 fully saturated rings. The van der Waals surface area contributed by atoms with Crippen molar-refractivity contribution in [2.45, 2.75) is 6.42 Å². The van der Waals surface area contributed by atoms with E-state index in [0.717, 1.165) is 34.9 Å². The van der Waals surface area contributed by atoms with Crippen molar-refractivity contribution in [1.29, 1.82) is 5.26 Å². The number of nitriles is 1. The fraction of sp³-hybridized carbons (Fsp3) is 0.136. The predicted molar refractivity (Wildman–Crippen MR) is 108 cm³/mol. The quantitative estimate of drug-likeness (QED) is 0.557. The molecule has 6 nitrogen and oxygen atoms in total. The van der Waals surface area contributed by atoms with Gasteiger partial charge >= 0.3 is 0 Å². The topological polar surface area (TPSA) is 75.2 Å². The number of imidazole rings is 1. The molecule has 0 bridgehead atoms. The molecule has 0 aliphatic carbocycles. The number of nitrogens with zero attached hydrogens (tertiary/aromatic N) is 4. The second-order valence-electron chi connectivity index (χ2n) is 6.30. The summed E-state index contributed by atoms with van der Waals surface area (Å²) < 4.78 is 7.70. The lowest BCUT2D eigenvalue weighted by Gasteiger charge is -2.08. The highest BCUT2D eigenvalue weighted by Gasteiger charge is 2.13. The predicted octanol–water partition coefficient (Wildman–Crippen LogP) is 3.93. The smallest absolute Gasteiger partial charge is 0.140 e.